The second-order valence-corrected chi connectivity index (χ2v) is 9.24. The van der Waals surface area contributed by atoms with Gasteiger partial charge in [-0.15, -0.1) is 4.43 Å². The fourth-order valence-corrected chi connectivity index (χ4v) is 4.60. The van der Waals surface area contributed by atoms with Gasteiger partial charge in [0, 0.05) is 25.0 Å². The molecule has 0 saturated carbocycles. The van der Waals surface area contributed by atoms with Crippen LogP contribution in [0, 0.1) is 0 Å². The van der Waals surface area contributed by atoms with E-state index < -0.39 is 0 Å². The number of methoxy groups -OCH3 is 1. The first kappa shape index (κ1) is 23.4. The molecule has 0 saturated heterocycles. The molecule has 0 amide bonds. The van der Waals surface area contributed by atoms with Crippen LogP contribution in [-0.2, 0) is 24.3 Å². The Bertz CT molecular complexity index is 1450. The van der Waals surface area contributed by atoms with E-state index in [0.29, 0.717) is 25.6 Å². The summed E-state index contributed by atoms with van der Waals surface area (Å²) in [7, 11) is 1.68. The van der Waals surface area contributed by atoms with E-state index in [1.165, 1.54) is 5.56 Å². The normalized spacial score (nSPS) is 11.3. The van der Waals surface area contributed by atoms with Gasteiger partial charge in [-0.25, -0.2) is 9.97 Å². The van der Waals surface area contributed by atoms with Gasteiger partial charge in [-0.2, -0.15) is 0 Å². The van der Waals surface area contributed by atoms with Crippen molar-refractivity contribution in [2.45, 2.75) is 26.0 Å². The van der Waals surface area contributed by atoms with Crippen molar-refractivity contribution in [1.82, 2.24) is 14.5 Å². The van der Waals surface area contributed by atoms with Crippen LogP contribution in [0.1, 0.15) is 23.4 Å². The predicted molar refractivity (Wildman–Crippen MR) is 141 cm³/mol. The van der Waals surface area contributed by atoms with Gasteiger partial charge < -0.3 is 19.8 Å². The lowest BCUT2D eigenvalue weighted by molar-refractivity contribution is 0.118. The number of aromatic nitrogens is 3. The molecule has 2 radical (unpaired) electrons. The average molecular weight is 479 g/mol. The Balaban J connectivity index is 1.46. The monoisotopic (exact) mass is 478 g/mol. The first-order valence-electron chi connectivity index (χ1n) is 11.7. The lowest BCUT2D eigenvalue weighted by atomic mass is 10.1. The Hall–Kier alpha value is -3.37. The summed E-state index contributed by atoms with van der Waals surface area (Å²) in [4.78, 5) is 9.60. The van der Waals surface area contributed by atoms with E-state index in [9.17, 15) is 0 Å². The van der Waals surface area contributed by atoms with E-state index in [0.717, 1.165) is 56.3 Å². The molecule has 7 heteroatoms. The Labute approximate surface area is 213 Å². The number of anilines is 1. The summed E-state index contributed by atoms with van der Waals surface area (Å²) in [5.74, 6) is 2.28. The number of nitrogens with zero attached hydrogens (tertiary/aromatic N) is 3. The molecule has 0 fully saturated rings. The second kappa shape index (κ2) is 10.5. The van der Waals surface area contributed by atoms with E-state index in [-0.39, 0.29) is 0 Å². The van der Waals surface area contributed by atoms with Gasteiger partial charge in [0.25, 0.3) is 0 Å². The van der Waals surface area contributed by atoms with E-state index in [4.69, 9.17) is 20.2 Å². The van der Waals surface area contributed by atoms with E-state index in [1.54, 1.807) is 7.11 Å². The van der Waals surface area contributed by atoms with Crippen molar-refractivity contribution in [3.63, 3.8) is 0 Å². The number of nitrogens with two attached hydrogens (primary N) is 1. The molecule has 0 atom stereocenters. The minimum absolute atomic E-state index is 0.457. The topological polar surface area (TPSA) is 75.2 Å². The largest absolute Gasteiger partial charge is 0.497 e. The van der Waals surface area contributed by atoms with Crippen LogP contribution in [0.3, 0.4) is 0 Å². The predicted octanol–water partition coefficient (Wildman–Crippen LogP) is 4.17. The maximum Gasteiger partial charge on any atom is 0.175 e. The van der Waals surface area contributed by atoms with Gasteiger partial charge in [-0.3, -0.25) is 0 Å². The number of fused-ring (bicyclic) bond motifs is 3. The molecule has 35 heavy (non-hydrogen) atoms. The Morgan fingerprint density at radius 2 is 1.74 bits per heavy atom. The third-order valence-electron chi connectivity index (χ3n) is 6.11. The SMILES string of the molecule is COc1ccc(Cn2c(CCCOCc3ccccc3)nc3c(N)nc4c[c]([Al])ccc4c32)cc1. The van der Waals surface area contributed by atoms with E-state index >= 15 is 0 Å². The molecular formula is C28H27AlN4O2. The Morgan fingerprint density at radius 3 is 2.51 bits per heavy atom. The van der Waals surface area contributed by atoms with Crippen molar-refractivity contribution in [2.75, 3.05) is 19.5 Å². The summed E-state index contributed by atoms with van der Waals surface area (Å²) in [5.41, 5.74) is 11.4. The highest BCUT2D eigenvalue weighted by Gasteiger charge is 2.17. The highest BCUT2D eigenvalue weighted by molar-refractivity contribution is 6.33. The highest BCUT2D eigenvalue weighted by atomic mass is 27.0. The quantitative estimate of drug-likeness (QED) is 0.254. The van der Waals surface area contributed by atoms with E-state index in [1.807, 2.05) is 36.4 Å². The maximum absolute atomic E-state index is 6.39. The molecule has 0 aliphatic heterocycles. The van der Waals surface area contributed by atoms with Gasteiger partial charge in [0.1, 0.15) is 17.1 Å². The zero-order valence-electron chi connectivity index (χ0n) is 19.8. The van der Waals surface area contributed by atoms with Crippen LogP contribution >= 0.6 is 0 Å². The Morgan fingerprint density at radius 1 is 0.943 bits per heavy atom. The third kappa shape index (κ3) is 5.18. The number of pyridine rings is 1. The zero-order chi connectivity index (χ0) is 24.2. The molecule has 174 valence electrons. The lowest BCUT2D eigenvalue weighted by Gasteiger charge is -2.12. The second-order valence-electron chi connectivity index (χ2n) is 8.57. The minimum atomic E-state index is 0.457. The van der Waals surface area contributed by atoms with Crippen molar-refractivity contribution in [1.29, 1.82) is 0 Å². The van der Waals surface area contributed by atoms with Crippen LogP contribution in [0.5, 0.6) is 5.75 Å². The number of imidazole rings is 1. The number of aryl methyl sites for hydroxylation is 1. The zero-order valence-corrected chi connectivity index (χ0v) is 20.9. The van der Waals surface area contributed by atoms with Crippen LogP contribution in [0.2, 0.25) is 0 Å². The van der Waals surface area contributed by atoms with Crippen LogP contribution in [0.15, 0.2) is 72.8 Å². The van der Waals surface area contributed by atoms with Gasteiger partial charge >= 0.3 is 0 Å². The summed E-state index contributed by atoms with van der Waals surface area (Å²) >= 11 is 2.73. The molecule has 0 aliphatic carbocycles. The molecule has 0 unspecified atom stereocenters. The lowest BCUT2D eigenvalue weighted by Crippen LogP contribution is -2.08. The summed E-state index contributed by atoms with van der Waals surface area (Å²) in [6, 6.07) is 24.6. The number of nitrogen functional groups attached to an aromatic ring is 1. The number of rotatable bonds is 9. The van der Waals surface area contributed by atoms with Crippen LogP contribution in [0.25, 0.3) is 21.9 Å². The van der Waals surface area contributed by atoms with Crippen molar-refractivity contribution in [3.05, 3.63) is 89.7 Å². The first-order valence-corrected chi connectivity index (χ1v) is 12.3. The van der Waals surface area contributed by atoms with Gasteiger partial charge in [0.15, 0.2) is 22.1 Å². The number of hydrogen-bond acceptors (Lipinski definition) is 5. The molecule has 5 rings (SSSR count). The summed E-state index contributed by atoms with van der Waals surface area (Å²) < 4.78 is 14.6. The molecule has 3 aromatic carbocycles. The van der Waals surface area contributed by atoms with Gasteiger partial charge in [-0.1, -0.05) is 60.7 Å². The molecule has 2 heterocycles. The smallest absolute Gasteiger partial charge is 0.175 e. The first-order chi connectivity index (χ1) is 17.1. The molecule has 2 aromatic heterocycles. The van der Waals surface area contributed by atoms with Gasteiger partial charge in [0.05, 0.1) is 24.8 Å². The standard InChI is InChI=1S/C28H27N4O2.Al/c1-33-22-15-13-20(14-16-22)18-32-25(12-7-17-34-19-21-8-3-2-4-9-21)31-26-27(32)23-10-5-6-11-24(23)30-28(26)29;/h2-5,8-11,13-16H,7,12,17-19H2,1H3,(H2,29,30);. The molecule has 0 aliphatic rings. The molecule has 0 bridgehead atoms. The molecule has 5 aromatic rings. The number of ether oxygens (including phenoxy) is 2. The van der Waals surface area contributed by atoms with Gasteiger partial charge in [0.2, 0.25) is 0 Å². The van der Waals surface area contributed by atoms with Crippen molar-refractivity contribution in [2.24, 2.45) is 0 Å². The highest BCUT2D eigenvalue weighted by Crippen LogP contribution is 2.30. The van der Waals surface area contributed by atoms with Crippen molar-refractivity contribution >= 4 is 48.5 Å². The molecule has 6 nitrogen and oxygen atoms in total. The summed E-state index contributed by atoms with van der Waals surface area (Å²) in [5, 5.41) is 1.05. The fraction of sp³-hybridized carbons (Fsp3) is 0.214. The summed E-state index contributed by atoms with van der Waals surface area (Å²) in [6.07, 6.45) is 1.64. The van der Waals surface area contributed by atoms with Crippen LogP contribution in [-0.4, -0.2) is 44.5 Å². The molecule has 0 spiro atoms. The number of benzene rings is 3. The average Bonchev–Trinajstić information content (AvgIpc) is 3.23. The van der Waals surface area contributed by atoms with Crippen LogP contribution < -0.4 is 14.9 Å². The maximum atomic E-state index is 6.39. The summed E-state index contributed by atoms with van der Waals surface area (Å²) in [6.45, 7) is 1.95. The Kier molecular flexibility index (Phi) is 7.01. The van der Waals surface area contributed by atoms with Gasteiger partial charge in [-0.05, 0) is 29.7 Å². The third-order valence-corrected chi connectivity index (χ3v) is 6.47. The minimum Gasteiger partial charge on any atom is -0.497 e. The molecular weight excluding hydrogens is 451 g/mol. The van der Waals surface area contributed by atoms with Crippen LogP contribution in [0.4, 0.5) is 5.82 Å². The number of hydrogen-bond donors (Lipinski definition) is 1. The van der Waals surface area contributed by atoms with E-state index in [2.05, 4.69) is 62.2 Å². The molecule has 2 N–H and O–H groups in total. The fourth-order valence-electron chi connectivity index (χ4n) is 4.35. The van der Waals surface area contributed by atoms with Crippen molar-refractivity contribution < 1.29 is 9.47 Å². The van der Waals surface area contributed by atoms with Crippen molar-refractivity contribution in [3.8, 4) is 5.75 Å².